The number of carbonyl (C=O) groups excluding carboxylic acids is 1. The van der Waals surface area contributed by atoms with Crippen molar-refractivity contribution in [2.45, 2.75) is 13.5 Å². The van der Waals surface area contributed by atoms with Crippen LogP contribution in [-0.2, 0) is 11.3 Å². The maximum Gasteiger partial charge on any atom is 0.238 e. The first-order chi connectivity index (χ1) is 11.7. The van der Waals surface area contributed by atoms with Crippen LogP contribution in [0.3, 0.4) is 0 Å². The third kappa shape index (κ3) is 4.66. The lowest BCUT2D eigenvalue weighted by atomic mass is 10.2. The number of benzene rings is 1. The highest BCUT2D eigenvalue weighted by Gasteiger charge is 2.18. The Morgan fingerprint density at radius 3 is 2.58 bits per heavy atom. The molecule has 1 fully saturated rings. The van der Waals surface area contributed by atoms with E-state index in [1.54, 1.807) is 0 Å². The summed E-state index contributed by atoms with van der Waals surface area (Å²) in [7, 11) is 0. The van der Waals surface area contributed by atoms with Crippen LogP contribution in [0.2, 0.25) is 0 Å². The van der Waals surface area contributed by atoms with Crippen molar-refractivity contribution in [3.63, 3.8) is 0 Å². The van der Waals surface area contributed by atoms with Crippen molar-refractivity contribution in [2.24, 2.45) is 0 Å². The number of amides is 1. The van der Waals surface area contributed by atoms with Crippen molar-refractivity contribution in [3.05, 3.63) is 48.5 Å². The van der Waals surface area contributed by atoms with Crippen LogP contribution in [0.25, 0.3) is 0 Å². The van der Waals surface area contributed by atoms with Crippen LogP contribution in [0.1, 0.15) is 5.56 Å². The van der Waals surface area contributed by atoms with Gasteiger partial charge in [-0.05, 0) is 18.6 Å². The zero-order valence-corrected chi connectivity index (χ0v) is 14.2. The molecule has 2 aromatic rings. The lowest BCUT2D eigenvalue weighted by Gasteiger charge is -2.34. The van der Waals surface area contributed by atoms with Crippen LogP contribution in [0, 0.1) is 6.92 Å². The maximum absolute atomic E-state index is 12.2. The van der Waals surface area contributed by atoms with Crippen LogP contribution >= 0.6 is 0 Å². The number of piperazine rings is 1. The first-order valence-electron chi connectivity index (χ1n) is 8.46. The van der Waals surface area contributed by atoms with Gasteiger partial charge in [0.1, 0.15) is 0 Å². The Morgan fingerprint density at radius 2 is 1.88 bits per heavy atom. The molecule has 0 saturated carbocycles. The predicted molar refractivity (Wildman–Crippen MR) is 94.9 cm³/mol. The number of para-hydroxylation sites is 1. The summed E-state index contributed by atoms with van der Waals surface area (Å²) >= 11 is 0. The van der Waals surface area contributed by atoms with Crippen molar-refractivity contribution < 1.29 is 4.79 Å². The summed E-state index contributed by atoms with van der Waals surface area (Å²) in [6.45, 7) is 8.35. The number of nitrogens with one attached hydrogen (secondary N) is 1. The molecule has 0 unspecified atom stereocenters. The van der Waals surface area contributed by atoms with Crippen molar-refractivity contribution in [1.29, 1.82) is 0 Å². The van der Waals surface area contributed by atoms with E-state index in [9.17, 15) is 4.79 Å². The molecule has 6 nitrogen and oxygen atoms in total. The largest absolute Gasteiger partial charge is 0.336 e. The van der Waals surface area contributed by atoms with Gasteiger partial charge in [0.2, 0.25) is 5.91 Å². The number of hydrogen-bond donors (Lipinski definition) is 1. The molecule has 128 valence electrons. The zero-order chi connectivity index (χ0) is 16.8. The normalized spacial score (nSPS) is 16.2. The number of rotatable bonds is 6. The van der Waals surface area contributed by atoms with Crippen molar-refractivity contribution in [3.8, 4) is 0 Å². The van der Waals surface area contributed by atoms with Crippen molar-refractivity contribution in [1.82, 2.24) is 19.4 Å². The average Bonchev–Trinajstić information content (AvgIpc) is 3.10. The molecule has 1 aliphatic heterocycles. The van der Waals surface area contributed by atoms with Gasteiger partial charge in [-0.25, -0.2) is 4.98 Å². The molecule has 1 aliphatic rings. The Hall–Kier alpha value is -2.18. The number of anilines is 1. The smallest absolute Gasteiger partial charge is 0.238 e. The highest BCUT2D eigenvalue weighted by Crippen LogP contribution is 2.13. The molecule has 1 aromatic carbocycles. The highest BCUT2D eigenvalue weighted by atomic mass is 16.2. The van der Waals surface area contributed by atoms with Crippen LogP contribution in [0.15, 0.2) is 43.0 Å². The fourth-order valence-electron chi connectivity index (χ4n) is 2.95. The number of aryl methyl sites for hydroxylation is 1. The Labute approximate surface area is 143 Å². The number of nitrogens with zero attached hydrogens (tertiary/aromatic N) is 4. The number of hydrogen-bond acceptors (Lipinski definition) is 4. The molecule has 0 radical (unpaired) electrons. The van der Waals surface area contributed by atoms with Gasteiger partial charge in [0, 0.05) is 57.3 Å². The Balaban J connectivity index is 1.39. The molecule has 1 amide bonds. The second-order valence-electron chi connectivity index (χ2n) is 6.28. The third-order valence-corrected chi connectivity index (χ3v) is 4.48. The molecule has 2 heterocycles. The van der Waals surface area contributed by atoms with Gasteiger partial charge in [-0.15, -0.1) is 0 Å². The minimum atomic E-state index is 0.0659. The van der Waals surface area contributed by atoms with E-state index < -0.39 is 0 Å². The Bertz CT molecular complexity index is 647. The van der Waals surface area contributed by atoms with E-state index in [0.717, 1.165) is 50.5 Å². The molecule has 6 heteroatoms. The Kier molecular flexibility index (Phi) is 5.61. The quantitative estimate of drug-likeness (QED) is 0.872. The van der Waals surface area contributed by atoms with Gasteiger partial charge >= 0.3 is 0 Å². The lowest BCUT2D eigenvalue weighted by molar-refractivity contribution is -0.117. The first-order valence-corrected chi connectivity index (χ1v) is 8.46. The van der Waals surface area contributed by atoms with Crippen LogP contribution in [0.5, 0.6) is 0 Å². The standard InChI is InChI=1S/C18H25N5O/c1-16-4-2-3-5-17(16)20-18(24)14-22-11-8-21(9-12-22)10-13-23-7-6-19-15-23/h2-7,15H,8-14H2,1H3,(H,20,24). The third-order valence-electron chi connectivity index (χ3n) is 4.48. The van der Waals surface area contributed by atoms with Gasteiger partial charge in [-0.1, -0.05) is 18.2 Å². The van der Waals surface area contributed by atoms with Gasteiger partial charge in [-0.3, -0.25) is 14.6 Å². The first kappa shape index (κ1) is 16.7. The van der Waals surface area contributed by atoms with Gasteiger partial charge in [0.25, 0.3) is 0 Å². The molecule has 3 rings (SSSR count). The number of aromatic nitrogens is 2. The minimum absolute atomic E-state index is 0.0659. The molecule has 1 aromatic heterocycles. The maximum atomic E-state index is 12.2. The molecule has 0 aliphatic carbocycles. The van der Waals surface area contributed by atoms with Crippen LogP contribution in [-0.4, -0.2) is 64.5 Å². The van der Waals surface area contributed by atoms with E-state index in [4.69, 9.17) is 0 Å². The van der Waals surface area contributed by atoms with Crippen LogP contribution in [0.4, 0.5) is 5.69 Å². The second kappa shape index (κ2) is 8.08. The summed E-state index contributed by atoms with van der Waals surface area (Å²) in [5.41, 5.74) is 2.00. The molecule has 0 bridgehead atoms. The highest BCUT2D eigenvalue weighted by molar-refractivity contribution is 5.92. The average molecular weight is 327 g/mol. The summed E-state index contributed by atoms with van der Waals surface area (Å²) in [6, 6.07) is 7.88. The van der Waals surface area contributed by atoms with E-state index in [2.05, 4.69) is 24.7 Å². The van der Waals surface area contributed by atoms with E-state index in [1.165, 1.54) is 0 Å². The Morgan fingerprint density at radius 1 is 1.12 bits per heavy atom. The fourth-order valence-corrected chi connectivity index (χ4v) is 2.95. The molecule has 24 heavy (non-hydrogen) atoms. The SMILES string of the molecule is Cc1ccccc1NC(=O)CN1CCN(CCn2ccnc2)CC1. The summed E-state index contributed by atoms with van der Waals surface area (Å²) < 4.78 is 2.10. The van der Waals surface area contributed by atoms with Gasteiger partial charge < -0.3 is 9.88 Å². The second-order valence-corrected chi connectivity index (χ2v) is 6.28. The lowest BCUT2D eigenvalue weighted by Crippen LogP contribution is -2.49. The molecule has 1 saturated heterocycles. The van der Waals surface area contributed by atoms with E-state index >= 15 is 0 Å². The summed E-state index contributed by atoms with van der Waals surface area (Å²) in [4.78, 5) is 20.9. The zero-order valence-electron chi connectivity index (χ0n) is 14.2. The van der Waals surface area contributed by atoms with E-state index in [-0.39, 0.29) is 5.91 Å². The molecular formula is C18H25N5O. The summed E-state index contributed by atoms with van der Waals surface area (Å²) in [5, 5.41) is 3.01. The minimum Gasteiger partial charge on any atom is -0.336 e. The number of carbonyl (C=O) groups is 1. The monoisotopic (exact) mass is 327 g/mol. The topological polar surface area (TPSA) is 53.4 Å². The fraction of sp³-hybridized carbons (Fsp3) is 0.444. The van der Waals surface area contributed by atoms with Crippen molar-refractivity contribution >= 4 is 11.6 Å². The van der Waals surface area contributed by atoms with Gasteiger partial charge in [0.05, 0.1) is 12.9 Å². The molecule has 0 spiro atoms. The van der Waals surface area contributed by atoms with E-state index in [0.29, 0.717) is 6.54 Å². The predicted octanol–water partition coefficient (Wildman–Crippen LogP) is 1.45. The number of imidazole rings is 1. The molecule has 0 atom stereocenters. The van der Waals surface area contributed by atoms with Gasteiger partial charge in [0.15, 0.2) is 0 Å². The molecule has 1 N–H and O–H groups in total. The van der Waals surface area contributed by atoms with Crippen molar-refractivity contribution in [2.75, 3.05) is 44.6 Å². The summed E-state index contributed by atoms with van der Waals surface area (Å²) in [5.74, 6) is 0.0659. The summed E-state index contributed by atoms with van der Waals surface area (Å²) in [6.07, 6.45) is 5.66. The molecular weight excluding hydrogens is 302 g/mol. The van der Waals surface area contributed by atoms with Crippen LogP contribution < -0.4 is 5.32 Å². The van der Waals surface area contributed by atoms with E-state index in [1.807, 2.05) is 49.9 Å². The van der Waals surface area contributed by atoms with Gasteiger partial charge in [-0.2, -0.15) is 0 Å².